The number of piperidine rings is 1. The number of phenols is 1. The molecule has 2 aromatic rings. The molecule has 1 aliphatic carbocycles. The van der Waals surface area contributed by atoms with E-state index in [-0.39, 0.29) is 17.7 Å². The molecule has 0 spiro atoms. The Kier molecular flexibility index (Phi) is 5.63. The second kappa shape index (κ2) is 8.16. The molecule has 1 amide bonds. The van der Waals surface area contributed by atoms with Crippen molar-refractivity contribution in [1.29, 1.82) is 0 Å². The molecule has 2 aliphatic rings. The summed E-state index contributed by atoms with van der Waals surface area (Å²) in [6.45, 7) is 5.76. The standard InChI is InChI=1S/C23H32N2O3/c1-15-8-6-7-13-25(15)14-18-19(26)11-12-20-22(18)21(16(2)28-20)23(27)24-17-9-4-3-5-10-17/h11-12,15,17,26H,3-10,13-14H2,1-2H3,(H,24,27)/t15-/m0/s1. The summed E-state index contributed by atoms with van der Waals surface area (Å²) in [7, 11) is 0. The molecule has 1 saturated heterocycles. The van der Waals surface area contributed by atoms with Gasteiger partial charge in [-0.2, -0.15) is 0 Å². The number of benzene rings is 1. The fraction of sp³-hybridized carbons (Fsp3) is 0.609. The number of nitrogens with one attached hydrogen (secondary N) is 1. The first kappa shape index (κ1) is 19.3. The second-order valence-corrected chi connectivity index (χ2v) is 8.59. The largest absolute Gasteiger partial charge is 0.508 e. The summed E-state index contributed by atoms with van der Waals surface area (Å²) in [5.74, 6) is 0.807. The third-order valence-electron chi connectivity index (χ3n) is 6.58. The van der Waals surface area contributed by atoms with Crippen molar-refractivity contribution in [3.8, 4) is 5.75 Å². The van der Waals surface area contributed by atoms with E-state index < -0.39 is 0 Å². The molecule has 4 rings (SSSR count). The number of nitrogens with zero attached hydrogens (tertiary/aromatic N) is 1. The lowest BCUT2D eigenvalue weighted by Gasteiger charge is -2.33. The van der Waals surface area contributed by atoms with Crippen molar-refractivity contribution in [1.82, 2.24) is 10.2 Å². The fourth-order valence-corrected chi connectivity index (χ4v) is 4.90. The van der Waals surface area contributed by atoms with Gasteiger partial charge in [0.2, 0.25) is 0 Å². The number of furan rings is 1. The van der Waals surface area contributed by atoms with Crippen LogP contribution in [0.15, 0.2) is 16.5 Å². The van der Waals surface area contributed by atoms with Crippen molar-refractivity contribution in [2.45, 2.75) is 83.8 Å². The minimum absolute atomic E-state index is 0.0679. The first-order valence-electron chi connectivity index (χ1n) is 10.8. The first-order chi connectivity index (χ1) is 13.5. The average Bonchev–Trinajstić information content (AvgIpc) is 3.03. The van der Waals surface area contributed by atoms with Gasteiger partial charge >= 0.3 is 0 Å². The summed E-state index contributed by atoms with van der Waals surface area (Å²) in [6, 6.07) is 4.19. The Labute approximate surface area is 167 Å². The predicted molar refractivity (Wildman–Crippen MR) is 111 cm³/mol. The van der Waals surface area contributed by atoms with Crippen LogP contribution in [-0.2, 0) is 6.54 Å². The lowest BCUT2D eigenvalue weighted by Crippen LogP contribution is -2.37. The lowest BCUT2D eigenvalue weighted by molar-refractivity contribution is 0.0927. The van der Waals surface area contributed by atoms with Crippen LogP contribution in [0.5, 0.6) is 5.75 Å². The normalized spacial score (nSPS) is 21.9. The summed E-state index contributed by atoms with van der Waals surface area (Å²) in [5, 5.41) is 14.7. The van der Waals surface area contributed by atoms with Gasteiger partial charge in [-0.25, -0.2) is 0 Å². The number of rotatable bonds is 4. The van der Waals surface area contributed by atoms with E-state index in [4.69, 9.17) is 4.42 Å². The Bertz CT molecular complexity index is 851. The lowest BCUT2D eigenvalue weighted by atomic mass is 9.94. The molecule has 28 heavy (non-hydrogen) atoms. The van der Waals surface area contributed by atoms with Gasteiger partial charge in [0.15, 0.2) is 0 Å². The van der Waals surface area contributed by atoms with Crippen LogP contribution in [0.4, 0.5) is 0 Å². The second-order valence-electron chi connectivity index (χ2n) is 8.59. The maximum atomic E-state index is 13.2. The van der Waals surface area contributed by atoms with Crippen LogP contribution >= 0.6 is 0 Å². The molecule has 2 heterocycles. The third-order valence-corrected chi connectivity index (χ3v) is 6.58. The third kappa shape index (κ3) is 3.77. The van der Waals surface area contributed by atoms with Gasteiger partial charge in [-0.15, -0.1) is 0 Å². The van der Waals surface area contributed by atoms with E-state index in [1.807, 2.05) is 6.92 Å². The van der Waals surface area contributed by atoms with Crippen LogP contribution in [0, 0.1) is 6.92 Å². The molecule has 1 aliphatic heterocycles. The maximum absolute atomic E-state index is 13.2. The van der Waals surface area contributed by atoms with Gasteiger partial charge in [0.05, 0.1) is 5.56 Å². The van der Waals surface area contributed by atoms with Gasteiger partial charge in [-0.1, -0.05) is 25.7 Å². The summed E-state index contributed by atoms with van der Waals surface area (Å²) < 4.78 is 5.93. The number of hydrogen-bond acceptors (Lipinski definition) is 4. The van der Waals surface area contributed by atoms with Crippen molar-refractivity contribution in [2.24, 2.45) is 0 Å². The molecule has 0 radical (unpaired) electrons. The van der Waals surface area contributed by atoms with Crippen LogP contribution in [0.1, 0.15) is 80.0 Å². The number of carbonyl (C=O) groups excluding carboxylic acids is 1. The molecule has 1 aromatic carbocycles. The van der Waals surface area contributed by atoms with Gasteiger partial charge in [0, 0.05) is 29.6 Å². The molecule has 0 bridgehead atoms. The monoisotopic (exact) mass is 384 g/mol. The zero-order valence-corrected chi connectivity index (χ0v) is 17.1. The SMILES string of the molecule is Cc1oc2ccc(O)c(CN3CCCC[C@@H]3C)c2c1C(=O)NC1CCCCC1. The van der Waals surface area contributed by atoms with Crippen LogP contribution < -0.4 is 5.32 Å². The maximum Gasteiger partial charge on any atom is 0.255 e. The van der Waals surface area contributed by atoms with E-state index >= 15 is 0 Å². The predicted octanol–water partition coefficient (Wildman–Crippen LogP) is 4.88. The smallest absolute Gasteiger partial charge is 0.255 e. The van der Waals surface area contributed by atoms with Gasteiger partial charge in [-0.3, -0.25) is 9.69 Å². The Balaban J connectivity index is 1.69. The summed E-state index contributed by atoms with van der Waals surface area (Å²) in [4.78, 5) is 15.6. The van der Waals surface area contributed by atoms with Crippen molar-refractivity contribution >= 4 is 16.9 Å². The van der Waals surface area contributed by atoms with E-state index in [0.717, 1.165) is 30.3 Å². The molecule has 5 nitrogen and oxygen atoms in total. The molecule has 0 unspecified atom stereocenters. The fourth-order valence-electron chi connectivity index (χ4n) is 4.90. The van der Waals surface area contributed by atoms with Crippen LogP contribution in [-0.4, -0.2) is 34.5 Å². The number of carbonyl (C=O) groups is 1. The van der Waals surface area contributed by atoms with Crippen molar-refractivity contribution in [2.75, 3.05) is 6.54 Å². The highest BCUT2D eigenvalue weighted by molar-refractivity contribution is 6.09. The Morgan fingerprint density at radius 3 is 2.68 bits per heavy atom. The van der Waals surface area contributed by atoms with Gasteiger partial charge < -0.3 is 14.8 Å². The number of fused-ring (bicyclic) bond motifs is 1. The Hall–Kier alpha value is -2.01. The highest BCUT2D eigenvalue weighted by atomic mass is 16.3. The highest BCUT2D eigenvalue weighted by Gasteiger charge is 2.27. The Morgan fingerprint density at radius 1 is 1.18 bits per heavy atom. The summed E-state index contributed by atoms with van der Waals surface area (Å²) in [5.41, 5.74) is 2.09. The van der Waals surface area contributed by atoms with Crippen LogP contribution in [0.3, 0.4) is 0 Å². The highest BCUT2D eigenvalue weighted by Crippen LogP contribution is 2.36. The van der Waals surface area contributed by atoms with Gasteiger partial charge in [0.25, 0.3) is 5.91 Å². The van der Waals surface area contributed by atoms with E-state index in [1.165, 1.54) is 38.5 Å². The minimum Gasteiger partial charge on any atom is -0.508 e. The number of aromatic hydroxyl groups is 1. The molecular formula is C23H32N2O3. The van der Waals surface area contributed by atoms with E-state index in [2.05, 4.69) is 17.1 Å². The molecule has 1 saturated carbocycles. The zero-order valence-electron chi connectivity index (χ0n) is 17.1. The average molecular weight is 385 g/mol. The van der Waals surface area contributed by atoms with Crippen molar-refractivity contribution in [3.05, 3.63) is 29.0 Å². The Morgan fingerprint density at radius 2 is 1.93 bits per heavy atom. The topological polar surface area (TPSA) is 65.7 Å². The van der Waals surface area contributed by atoms with Crippen LogP contribution in [0.25, 0.3) is 11.0 Å². The molecule has 1 aromatic heterocycles. The van der Waals surface area contributed by atoms with E-state index in [9.17, 15) is 9.90 Å². The molecule has 152 valence electrons. The zero-order chi connectivity index (χ0) is 19.7. The number of aryl methyl sites for hydroxylation is 1. The molecule has 5 heteroatoms. The van der Waals surface area contributed by atoms with Crippen molar-refractivity contribution < 1.29 is 14.3 Å². The first-order valence-corrected chi connectivity index (χ1v) is 10.8. The number of likely N-dealkylation sites (tertiary alicyclic amines) is 1. The van der Waals surface area contributed by atoms with E-state index in [1.54, 1.807) is 12.1 Å². The summed E-state index contributed by atoms with van der Waals surface area (Å²) >= 11 is 0. The molecular weight excluding hydrogens is 352 g/mol. The number of hydrogen-bond donors (Lipinski definition) is 2. The van der Waals surface area contributed by atoms with Gasteiger partial charge in [-0.05, 0) is 58.2 Å². The quantitative estimate of drug-likeness (QED) is 0.788. The molecule has 2 fully saturated rings. The van der Waals surface area contributed by atoms with Gasteiger partial charge in [0.1, 0.15) is 17.1 Å². The minimum atomic E-state index is -0.0679. The number of phenolic OH excluding ortho intramolecular Hbond substituents is 1. The molecule has 1 atom stereocenters. The molecule has 2 N–H and O–H groups in total. The van der Waals surface area contributed by atoms with Crippen molar-refractivity contribution in [3.63, 3.8) is 0 Å². The van der Waals surface area contributed by atoms with Crippen LogP contribution in [0.2, 0.25) is 0 Å². The van der Waals surface area contributed by atoms with E-state index in [0.29, 0.717) is 29.5 Å². The summed E-state index contributed by atoms with van der Waals surface area (Å²) in [6.07, 6.45) is 9.31. The number of amides is 1.